The molecule has 7 nitrogen and oxygen atoms in total. The lowest BCUT2D eigenvalue weighted by Crippen LogP contribution is -2.62. The van der Waals surface area contributed by atoms with Crippen LogP contribution in [-0.2, 0) is 13.1 Å². The number of nitrogens with zero attached hydrogens (tertiary/aromatic N) is 4. The molecule has 3 aliphatic rings. The van der Waals surface area contributed by atoms with Crippen LogP contribution >= 0.6 is 11.6 Å². The molecule has 182 valence electrons. The van der Waals surface area contributed by atoms with Crippen LogP contribution in [0.15, 0.2) is 18.2 Å². The monoisotopic (exact) mass is 494 g/mol. The normalized spacial score (nSPS) is 19.8. The maximum atomic E-state index is 14.6. The summed E-state index contributed by atoms with van der Waals surface area (Å²) in [5, 5.41) is 6.59. The van der Waals surface area contributed by atoms with Crippen LogP contribution in [0.1, 0.15) is 61.0 Å². The number of hydrogen-bond donors (Lipinski definition) is 2. The molecule has 2 N–H and O–H groups in total. The number of halogens is 4. The predicted molar refractivity (Wildman–Crippen MR) is 121 cm³/mol. The summed E-state index contributed by atoms with van der Waals surface area (Å²) in [6.07, 6.45) is 0.137. The number of carbonyl (C=O) groups is 1. The molecule has 0 unspecified atom stereocenters. The van der Waals surface area contributed by atoms with E-state index in [4.69, 9.17) is 11.6 Å². The molecular weight excluding hydrogens is 469 g/mol. The van der Waals surface area contributed by atoms with Gasteiger partial charge in [0.2, 0.25) is 5.28 Å². The summed E-state index contributed by atoms with van der Waals surface area (Å²) in [7, 11) is 0. The van der Waals surface area contributed by atoms with E-state index in [0.717, 1.165) is 31.9 Å². The molecule has 0 saturated carbocycles. The van der Waals surface area contributed by atoms with E-state index in [1.807, 2.05) is 4.90 Å². The van der Waals surface area contributed by atoms with Crippen molar-refractivity contribution in [3.63, 3.8) is 0 Å². The third-order valence-electron chi connectivity index (χ3n) is 7.23. The Morgan fingerprint density at radius 1 is 1.15 bits per heavy atom. The van der Waals surface area contributed by atoms with Gasteiger partial charge in [0.1, 0.15) is 11.6 Å². The van der Waals surface area contributed by atoms with Crippen LogP contribution in [0.25, 0.3) is 0 Å². The van der Waals surface area contributed by atoms with Crippen molar-refractivity contribution in [1.29, 1.82) is 0 Å². The quantitative estimate of drug-likeness (QED) is 0.606. The topological polar surface area (TPSA) is 73.4 Å². The number of aromatic nitrogens is 2. The van der Waals surface area contributed by atoms with Crippen molar-refractivity contribution in [1.82, 2.24) is 25.1 Å². The van der Waals surface area contributed by atoms with Gasteiger partial charge in [-0.1, -0.05) is 18.2 Å². The molecule has 11 heteroatoms. The molecule has 1 aromatic carbocycles. The van der Waals surface area contributed by atoms with E-state index < -0.39 is 23.8 Å². The lowest BCUT2D eigenvalue weighted by Gasteiger charge is -2.49. The zero-order chi connectivity index (χ0) is 24.0. The summed E-state index contributed by atoms with van der Waals surface area (Å²) in [5.41, 5.74) is 0.977. The number of anilines is 1. The Hall–Kier alpha value is -2.59. The Morgan fingerprint density at radius 2 is 1.85 bits per heavy atom. The molecule has 1 atom stereocenters. The molecule has 0 aliphatic carbocycles. The van der Waals surface area contributed by atoms with E-state index in [1.54, 1.807) is 11.8 Å². The molecule has 0 bridgehead atoms. The number of alkyl halides is 2. The molecule has 2 amide bonds. The van der Waals surface area contributed by atoms with E-state index in [2.05, 4.69) is 20.6 Å². The van der Waals surface area contributed by atoms with Crippen LogP contribution < -0.4 is 10.6 Å². The highest BCUT2D eigenvalue weighted by Crippen LogP contribution is 2.35. The number of piperidine rings is 1. The lowest BCUT2D eigenvalue weighted by atomic mass is 9.79. The van der Waals surface area contributed by atoms with Gasteiger partial charge in [0.05, 0.1) is 30.4 Å². The summed E-state index contributed by atoms with van der Waals surface area (Å²) in [6.45, 7) is 4.69. The first kappa shape index (κ1) is 23.2. The second kappa shape index (κ2) is 8.88. The van der Waals surface area contributed by atoms with Crippen molar-refractivity contribution >= 4 is 23.4 Å². The van der Waals surface area contributed by atoms with Crippen LogP contribution in [0.5, 0.6) is 0 Å². The Labute approximate surface area is 200 Å². The maximum Gasteiger partial charge on any atom is 0.320 e. The van der Waals surface area contributed by atoms with E-state index >= 15 is 0 Å². The summed E-state index contributed by atoms with van der Waals surface area (Å²) in [6, 6.07) is 3.21. The minimum Gasteiger partial charge on any atom is -0.363 e. The molecule has 0 radical (unpaired) electrons. The van der Waals surface area contributed by atoms with Gasteiger partial charge in [-0.3, -0.25) is 0 Å². The van der Waals surface area contributed by atoms with E-state index in [1.165, 1.54) is 12.1 Å². The van der Waals surface area contributed by atoms with Crippen LogP contribution in [0.3, 0.4) is 0 Å². The van der Waals surface area contributed by atoms with Crippen molar-refractivity contribution < 1.29 is 18.0 Å². The second-order valence-electron chi connectivity index (χ2n) is 9.27. The minimum atomic E-state index is -2.91. The first-order chi connectivity index (χ1) is 16.3. The van der Waals surface area contributed by atoms with Crippen LogP contribution in [0.4, 0.5) is 23.8 Å². The fraction of sp³-hybridized carbons (Fsp3) is 0.522. The summed E-state index contributed by atoms with van der Waals surface area (Å²) >= 11 is 6.13. The Balaban J connectivity index is 1.31. The molecule has 2 aromatic rings. The minimum absolute atomic E-state index is 0.000485. The number of likely N-dealkylation sites (tertiary alicyclic amines) is 1. The maximum absolute atomic E-state index is 14.6. The van der Waals surface area contributed by atoms with Gasteiger partial charge in [-0.15, -0.1) is 0 Å². The van der Waals surface area contributed by atoms with Gasteiger partial charge in [0, 0.05) is 29.8 Å². The molecule has 3 aliphatic heterocycles. The van der Waals surface area contributed by atoms with Crippen LogP contribution in [0, 0.1) is 5.82 Å². The largest absolute Gasteiger partial charge is 0.363 e. The lowest BCUT2D eigenvalue weighted by molar-refractivity contribution is 0.0824. The standard InChI is InChI=1S/C23H26ClF3N6O/c1-13(14-3-2-4-15(18(14)25)19(26)27)29-20-16-11-33(12-17(16)30-21(24)31-20)22(34)32-9-6-23(7-10-32)5-8-28-23/h2-4,13,19,28H,5-12H2,1H3,(H,29,30,31)/t13-/m1/s1. The number of amides is 2. The number of nitrogens with one attached hydrogen (secondary N) is 2. The van der Waals surface area contributed by atoms with Crippen LogP contribution in [-0.4, -0.2) is 51.0 Å². The Kier molecular flexibility index (Phi) is 6.05. The van der Waals surface area contributed by atoms with Gasteiger partial charge in [0.25, 0.3) is 6.43 Å². The molecule has 2 fully saturated rings. The average molecular weight is 495 g/mol. The molecular formula is C23H26ClF3N6O. The highest BCUT2D eigenvalue weighted by atomic mass is 35.5. The predicted octanol–water partition coefficient (Wildman–Crippen LogP) is 4.64. The zero-order valence-corrected chi connectivity index (χ0v) is 19.5. The Morgan fingerprint density at radius 3 is 2.50 bits per heavy atom. The number of benzene rings is 1. The van der Waals surface area contributed by atoms with E-state index in [9.17, 15) is 18.0 Å². The van der Waals surface area contributed by atoms with E-state index in [-0.39, 0.29) is 22.4 Å². The molecule has 34 heavy (non-hydrogen) atoms. The van der Waals surface area contributed by atoms with Crippen LogP contribution in [0.2, 0.25) is 5.28 Å². The van der Waals surface area contributed by atoms with Gasteiger partial charge in [-0.25, -0.2) is 27.9 Å². The first-order valence-corrected chi connectivity index (χ1v) is 11.8. The summed E-state index contributed by atoms with van der Waals surface area (Å²) < 4.78 is 40.9. The molecule has 1 spiro atoms. The van der Waals surface area contributed by atoms with Crippen molar-refractivity contribution in [2.45, 2.75) is 57.3 Å². The number of rotatable bonds is 4. The van der Waals surface area contributed by atoms with Gasteiger partial charge < -0.3 is 20.4 Å². The van der Waals surface area contributed by atoms with Crippen molar-refractivity contribution in [3.05, 3.63) is 51.7 Å². The summed E-state index contributed by atoms with van der Waals surface area (Å²) in [4.78, 5) is 25.3. The molecule has 4 heterocycles. The van der Waals surface area contributed by atoms with Gasteiger partial charge in [-0.05, 0) is 44.3 Å². The first-order valence-electron chi connectivity index (χ1n) is 11.4. The number of urea groups is 1. The van der Waals surface area contributed by atoms with Crippen molar-refractivity contribution in [2.24, 2.45) is 0 Å². The van der Waals surface area contributed by atoms with Crippen molar-refractivity contribution in [2.75, 3.05) is 25.0 Å². The third-order valence-corrected chi connectivity index (χ3v) is 7.40. The molecule has 2 saturated heterocycles. The SMILES string of the molecule is C[C@@H](Nc1nc(Cl)nc2c1CN(C(=O)N1CCC3(CCN3)CC1)C2)c1cccc(C(F)F)c1F. The highest BCUT2D eigenvalue weighted by molar-refractivity contribution is 6.28. The number of hydrogen-bond acceptors (Lipinski definition) is 5. The van der Waals surface area contributed by atoms with Gasteiger partial charge in [0.15, 0.2) is 0 Å². The highest BCUT2D eigenvalue weighted by Gasteiger charge is 2.41. The number of carbonyl (C=O) groups excluding carboxylic acids is 1. The zero-order valence-electron chi connectivity index (χ0n) is 18.8. The van der Waals surface area contributed by atoms with E-state index in [0.29, 0.717) is 43.3 Å². The number of fused-ring (bicyclic) bond motifs is 1. The molecule has 5 rings (SSSR count). The molecule has 1 aromatic heterocycles. The smallest absolute Gasteiger partial charge is 0.320 e. The van der Waals surface area contributed by atoms with Gasteiger partial charge in [-0.2, -0.15) is 0 Å². The Bertz CT molecular complexity index is 1100. The fourth-order valence-electron chi connectivity index (χ4n) is 5.06. The third kappa shape index (κ3) is 4.17. The van der Waals surface area contributed by atoms with Crippen molar-refractivity contribution in [3.8, 4) is 0 Å². The fourth-order valence-corrected chi connectivity index (χ4v) is 5.25. The second-order valence-corrected chi connectivity index (χ2v) is 9.60. The van der Waals surface area contributed by atoms with Gasteiger partial charge >= 0.3 is 6.03 Å². The average Bonchev–Trinajstić information content (AvgIpc) is 3.21. The summed E-state index contributed by atoms with van der Waals surface area (Å²) in [5.74, 6) is -0.578.